The van der Waals surface area contributed by atoms with Crippen molar-refractivity contribution in [2.24, 2.45) is 5.41 Å². The fourth-order valence-corrected chi connectivity index (χ4v) is 4.38. The van der Waals surface area contributed by atoms with E-state index < -0.39 is 0 Å². The van der Waals surface area contributed by atoms with Crippen molar-refractivity contribution in [2.75, 3.05) is 13.1 Å². The van der Waals surface area contributed by atoms with Gasteiger partial charge in [0.05, 0.1) is 0 Å². The van der Waals surface area contributed by atoms with Crippen LogP contribution >= 0.6 is 27.3 Å². The van der Waals surface area contributed by atoms with Crippen molar-refractivity contribution in [3.05, 3.63) is 20.8 Å². The van der Waals surface area contributed by atoms with E-state index in [1.54, 1.807) is 4.88 Å². The van der Waals surface area contributed by atoms with Gasteiger partial charge in [-0.15, -0.1) is 11.3 Å². The highest BCUT2D eigenvalue weighted by molar-refractivity contribution is 9.10. The van der Waals surface area contributed by atoms with Crippen molar-refractivity contribution in [3.63, 3.8) is 0 Å². The SMILES string of the molecule is Brc1csc(C2CCC3(CNC3)C2)c1. The normalized spacial score (nSPS) is 29.4. The minimum Gasteiger partial charge on any atom is -0.316 e. The molecule has 1 aromatic rings. The Morgan fingerprint density at radius 1 is 1.50 bits per heavy atom. The van der Waals surface area contributed by atoms with E-state index in [1.165, 1.54) is 36.8 Å². The van der Waals surface area contributed by atoms with Gasteiger partial charge in [-0.05, 0) is 52.6 Å². The fraction of sp³-hybridized carbons (Fsp3) is 0.636. The zero-order chi connectivity index (χ0) is 9.60. The van der Waals surface area contributed by atoms with Crippen molar-refractivity contribution >= 4 is 27.3 Å². The Balaban J connectivity index is 1.76. The third kappa shape index (κ3) is 1.46. The van der Waals surface area contributed by atoms with Gasteiger partial charge in [0.15, 0.2) is 0 Å². The molecule has 1 aliphatic carbocycles. The Morgan fingerprint density at radius 2 is 2.36 bits per heavy atom. The Kier molecular flexibility index (Phi) is 2.22. The first-order chi connectivity index (χ1) is 6.77. The van der Waals surface area contributed by atoms with Gasteiger partial charge in [0, 0.05) is 27.8 Å². The molecule has 1 spiro atoms. The molecular weight excluding hydrogens is 258 g/mol. The van der Waals surface area contributed by atoms with E-state index in [2.05, 4.69) is 32.7 Å². The second-order valence-corrected chi connectivity index (χ2v) is 6.57. The third-order valence-corrected chi connectivity index (χ3v) is 5.55. The van der Waals surface area contributed by atoms with Crippen LogP contribution in [0.3, 0.4) is 0 Å². The summed E-state index contributed by atoms with van der Waals surface area (Å²) < 4.78 is 1.25. The van der Waals surface area contributed by atoms with Gasteiger partial charge in [-0.2, -0.15) is 0 Å². The van der Waals surface area contributed by atoms with Crippen LogP contribution in [-0.4, -0.2) is 13.1 Å². The molecule has 1 saturated heterocycles. The van der Waals surface area contributed by atoms with Crippen LogP contribution in [0.2, 0.25) is 0 Å². The third-order valence-electron chi connectivity index (χ3n) is 3.69. The van der Waals surface area contributed by atoms with Crippen LogP contribution in [0, 0.1) is 5.41 Å². The van der Waals surface area contributed by atoms with E-state index in [0.29, 0.717) is 5.41 Å². The summed E-state index contributed by atoms with van der Waals surface area (Å²) in [4.78, 5) is 1.58. The van der Waals surface area contributed by atoms with Gasteiger partial charge in [0.25, 0.3) is 0 Å². The van der Waals surface area contributed by atoms with E-state index in [1.807, 2.05) is 11.3 Å². The molecule has 3 rings (SSSR count). The molecule has 0 aromatic carbocycles. The summed E-state index contributed by atoms with van der Waals surface area (Å²) in [5.74, 6) is 0.841. The second-order valence-electron chi connectivity index (χ2n) is 4.71. The predicted molar refractivity (Wildman–Crippen MR) is 63.9 cm³/mol. The van der Waals surface area contributed by atoms with Crippen LogP contribution in [0.4, 0.5) is 0 Å². The lowest BCUT2D eigenvalue weighted by molar-refractivity contribution is 0.175. The molecule has 1 N–H and O–H groups in total. The van der Waals surface area contributed by atoms with Crippen molar-refractivity contribution < 1.29 is 0 Å². The molecule has 0 amide bonds. The molecular formula is C11H14BrNS. The van der Waals surface area contributed by atoms with E-state index >= 15 is 0 Å². The van der Waals surface area contributed by atoms with Gasteiger partial charge in [-0.3, -0.25) is 0 Å². The van der Waals surface area contributed by atoms with Crippen molar-refractivity contribution in [1.82, 2.24) is 5.32 Å². The minimum absolute atomic E-state index is 0.682. The molecule has 1 aliphatic heterocycles. The Morgan fingerprint density at radius 3 is 2.86 bits per heavy atom. The molecule has 14 heavy (non-hydrogen) atoms. The Bertz CT molecular complexity index is 343. The number of hydrogen-bond donors (Lipinski definition) is 1. The van der Waals surface area contributed by atoms with E-state index in [9.17, 15) is 0 Å². The highest BCUT2D eigenvalue weighted by Crippen LogP contribution is 2.50. The Hall–Kier alpha value is 0.140. The fourth-order valence-electron chi connectivity index (χ4n) is 2.79. The van der Waals surface area contributed by atoms with Gasteiger partial charge < -0.3 is 5.32 Å². The summed E-state index contributed by atoms with van der Waals surface area (Å²) in [5.41, 5.74) is 0.682. The quantitative estimate of drug-likeness (QED) is 0.826. The monoisotopic (exact) mass is 271 g/mol. The molecule has 2 fully saturated rings. The van der Waals surface area contributed by atoms with E-state index in [-0.39, 0.29) is 0 Å². The molecule has 2 heterocycles. The standard InChI is InChI=1S/C11H14BrNS/c12-9-3-10(14-5-9)8-1-2-11(4-8)6-13-7-11/h3,5,8,13H,1-2,4,6-7H2. The summed E-state index contributed by atoms with van der Waals surface area (Å²) >= 11 is 5.45. The van der Waals surface area contributed by atoms with Crippen molar-refractivity contribution in [1.29, 1.82) is 0 Å². The highest BCUT2D eigenvalue weighted by Gasteiger charge is 2.44. The van der Waals surface area contributed by atoms with Crippen LogP contribution in [0.25, 0.3) is 0 Å². The van der Waals surface area contributed by atoms with Crippen LogP contribution in [0.1, 0.15) is 30.1 Å². The smallest absolute Gasteiger partial charge is 0.0285 e. The number of hydrogen-bond acceptors (Lipinski definition) is 2. The maximum atomic E-state index is 3.54. The van der Waals surface area contributed by atoms with Crippen LogP contribution in [0.15, 0.2) is 15.9 Å². The molecule has 1 aromatic heterocycles. The van der Waals surface area contributed by atoms with E-state index in [0.717, 1.165) is 5.92 Å². The lowest BCUT2D eigenvalue weighted by atomic mass is 9.79. The molecule has 1 nitrogen and oxygen atoms in total. The molecule has 3 heteroatoms. The minimum atomic E-state index is 0.682. The Labute approximate surface area is 97.0 Å². The summed E-state index contributed by atoms with van der Waals surface area (Å²) in [5, 5.41) is 5.62. The molecule has 76 valence electrons. The maximum Gasteiger partial charge on any atom is 0.0285 e. The van der Waals surface area contributed by atoms with Gasteiger partial charge in [-0.1, -0.05) is 0 Å². The molecule has 1 unspecified atom stereocenters. The molecule has 2 aliphatic rings. The lowest BCUT2D eigenvalue weighted by Gasteiger charge is -2.39. The molecule has 0 bridgehead atoms. The largest absolute Gasteiger partial charge is 0.316 e. The van der Waals surface area contributed by atoms with E-state index in [4.69, 9.17) is 0 Å². The maximum absolute atomic E-state index is 3.54. The van der Waals surface area contributed by atoms with Gasteiger partial charge in [0.1, 0.15) is 0 Å². The van der Waals surface area contributed by atoms with Crippen LogP contribution in [-0.2, 0) is 0 Å². The number of rotatable bonds is 1. The zero-order valence-corrected chi connectivity index (χ0v) is 10.5. The first-order valence-electron chi connectivity index (χ1n) is 5.22. The average molecular weight is 272 g/mol. The lowest BCUT2D eigenvalue weighted by Crippen LogP contribution is -2.51. The molecule has 1 atom stereocenters. The first kappa shape index (κ1) is 9.37. The van der Waals surface area contributed by atoms with Crippen molar-refractivity contribution in [2.45, 2.75) is 25.2 Å². The van der Waals surface area contributed by atoms with Gasteiger partial charge in [0.2, 0.25) is 0 Å². The zero-order valence-electron chi connectivity index (χ0n) is 8.05. The van der Waals surface area contributed by atoms with Crippen LogP contribution in [0.5, 0.6) is 0 Å². The van der Waals surface area contributed by atoms with Crippen molar-refractivity contribution in [3.8, 4) is 0 Å². The molecule has 1 saturated carbocycles. The number of halogens is 1. The topological polar surface area (TPSA) is 12.0 Å². The summed E-state index contributed by atoms with van der Waals surface area (Å²) in [6, 6.07) is 2.31. The van der Waals surface area contributed by atoms with Gasteiger partial charge in [-0.25, -0.2) is 0 Å². The number of nitrogens with one attached hydrogen (secondary N) is 1. The predicted octanol–water partition coefficient (Wildman–Crippen LogP) is 3.37. The average Bonchev–Trinajstić information content (AvgIpc) is 2.67. The highest BCUT2D eigenvalue weighted by atomic mass is 79.9. The van der Waals surface area contributed by atoms with Gasteiger partial charge >= 0.3 is 0 Å². The van der Waals surface area contributed by atoms with Crippen LogP contribution < -0.4 is 5.32 Å². The summed E-state index contributed by atoms with van der Waals surface area (Å²) in [6.45, 7) is 2.52. The first-order valence-corrected chi connectivity index (χ1v) is 6.89. The summed E-state index contributed by atoms with van der Waals surface area (Å²) in [7, 11) is 0. The summed E-state index contributed by atoms with van der Waals surface area (Å²) in [6.07, 6.45) is 4.24. The molecule has 0 radical (unpaired) electrons. The number of thiophene rings is 1. The second kappa shape index (κ2) is 3.32.